The first-order valence-electron chi connectivity index (χ1n) is 5.32. The predicted molar refractivity (Wildman–Crippen MR) is 68.9 cm³/mol. The van der Waals surface area contributed by atoms with Crippen LogP contribution in [0.2, 0.25) is 0 Å². The van der Waals surface area contributed by atoms with Gasteiger partial charge in [-0.25, -0.2) is 4.79 Å². The number of hydrogen-bond acceptors (Lipinski definition) is 4. The van der Waals surface area contributed by atoms with Crippen molar-refractivity contribution in [3.63, 3.8) is 0 Å². The molecule has 0 bridgehead atoms. The Balaban J connectivity index is 2.38. The van der Waals surface area contributed by atoms with E-state index in [0.717, 1.165) is 0 Å². The van der Waals surface area contributed by atoms with Gasteiger partial charge in [0.2, 0.25) is 0 Å². The average molecular weight is 352 g/mol. The van der Waals surface area contributed by atoms with Crippen molar-refractivity contribution in [1.82, 2.24) is 9.55 Å². The highest BCUT2D eigenvalue weighted by Gasteiger charge is 2.34. The monoisotopic (exact) mass is 352 g/mol. The fraction of sp³-hybridized carbons (Fsp3) is 0.600. The number of halogens is 1. The molecule has 1 aromatic rings. The van der Waals surface area contributed by atoms with E-state index >= 15 is 0 Å². The van der Waals surface area contributed by atoms with E-state index in [2.05, 4.69) is 4.98 Å². The molecule has 17 heavy (non-hydrogen) atoms. The normalized spacial score (nSPS) is 28.5. The third-order valence-electron chi connectivity index (χ3n) is 3.13. The number of nitrogens with zero attached hydrogens (tertiary/aromatic N) is 1. The van der Waals surface area contributed by atoms with Crippen LogP contribution in [0.25, 0.3) is 0 Å². The molecule has 0 aromatic carbocycles. The van der Waals surface area contributed by atoms with Crippen molar-refractivity contribution >= 4 is 22.6 Å². The summed E-state index contributed by atoms with van der Waals surface area (Å²) in [6.07, 6.45) is 1.81. The molecule has 1 heterocycles. The Kier molecular flexibility index (Phi) is 3.69. The highest BCUT2D eigenvalue weighted by atomic mass is 127. The maximum absolute atomic E-state index is 11.7. The average Bonchev–Trinajstić information content (AvgIpc) is 2.65. The van der Waals surface area contributed by atoms with Crippen molar-refractivity contribution in [1.29, 1.82) is 0 Å². The van der Waals surface area contributed by atoms with Crippen molar-refractivity contribution in [3.05, 3.63) is 30.6 Å². The minimum absolute atomic E-state index is 0.00273. The Morgan fingerprint density at radius 2 is 2.18 bits per heavy atom. The lowest BCUT2D eigenvalue weighted by atomic mass is 10.1. The molecular weight excluding hydrogens is 339 g/mol. The lowest BCUT2D eigenvalue weighted by Gasteiger charge is -2.17. The molecule has 0 radical (unpaired) electrons. The Hall–Kier alpha value is -0.670. The van der Waals surface area contributed by atoms with Gasteiger partial charge in [-0.2, -0.15) is 0 Å². The summed E-state index contributed by atoms with van der Waals surface area (Å²) in [7, 11) is 0. The Bertz CT molecular complexity index is 524. The zero-order valence-corrected chi connectivity index (χ0v) is 11.1. The van der Waals surface area contributed by atoms with Gasteiger partial charge in [-0.3, -0.25) is 14.3 Å². The van der Waals surface area contributed by atoms with Crippen molar-refractivity contribution < 1.29 is 10.2 Å². The first-order chi connectivity index (χ1) is 8.02. The van der Waals surface area contributed by atoms with E-state index in [1.54, 1.807) is 0 Å². The summed E-state index contributed by atoms with van der Waals surface area (Å²) >= 11 is 1.84. The molecule has 3 atom stereocenters. The van der Waals surface area contributed by atoms with Crippen LogP contribution >= 0.6 is 22.6 Å². The standard InChI is InChI=1S/C10H13IN2O4/c11-6-3-13(10(17)12-9(6)16)7-1-5(4-14)2-8(7)15/h3,5,7-8,14-15H,1-2,4H2,(H,12,16,17)/t5-,7+,8+/m0/s1. The topological polar surface area (TPSA) is 95.3 Å². The summed E-state index contributed by atoms with van der Waals surface area (Å²) in [4.78, 5) is 25.1. The molecule has 1 aliphatic rings. The van der Waals surface area contributed by atoms with Crippen LogP contribution in [0.15, 0.2) is 15.8 Å². The zero-order valence-electron chi connectivity index (χ0n) is 8.97. The van der Waals surface area contributed by atoms with Crippen molar-refractivity contribution in [2.24, 2.45) is 5.92 Å². The first-order valence-corrected chi connectivity index (χ1v) is 6.40. The Morgan fingerprint density at radius 1 is 1.47 bits per heavy atom. The molecule has 1 fully saturated rings. The number of hydrogen-bond donors (Lipinski definition) is 3. The van der Waals surface area contributed by atoms with Gasteiger partial charge in [-0.15, -0.1) is 0 Å². The number of aromatic amines is 1. The van der Waals surface area contributed by atoms with Crippen LogP contribution < -0.4 is 11.2 Å². The van der Waals surface area contributed by atoms with Gasteiger partial charge in [0.15, 0.2) is 0 Å². The summed E-state index contributed by atoms with van der Waals surface area (Å²) in [5, 5.41) is 18.9. The number of aliphatic hydroxyl groups excluding tert-OH is 2. The minimum atomic E-state index is -0.661. The number of aromatic nitrogens is 2. The fourth-order valence-corrected chi connectivity index (χ4v) is 2.68. The van der Waals surface area contributed by atoms with Crippen LogP contribution in [0.5, 0.6) is 0 Å². The maximum atomic E-state index is 11.7. The quantitative estimate of drug-likeness (QED) is 0.623. The summed E-state index contributed by atoms with van der Waals surface area (Å²) in [6.45, 7) is 0.00273. The van der Waals surface area contributed by atoms with Crippen molar-refractivity contribution in [2.45, 2.75) is 25.0 Å². The number of H-pyrrole nitrogens is 1. The largest absolute Gasteiger partial charge is 0.396 e. The molecule has 1 saturated carbocycles. The highest BCUT2D eigenvalue weighted by molar-refractivity contribution is 14.1. The van der Waals surface area contributed by atoms with Gasteiger partial charge in [-0.1, -0.05) is 0 Å². The molecular formula is C10H13IN2O4. The van der Waals surface area contributed by atoms with Crippen molar-refractivity contribution in [2.75, 3.05) is 6.61 Å². The van der Waals surface area contributed by atoms with Crippen LogP contribution in [0, 0.1) is 9.49 Å². The Morgan fingerprint density at radius 3 is 2.76 bits per heavy atom. The molecule has 7 heteroatoms. The van der Waals surface area contributed by atoms with E-state index in [1.165, 1.54) is 10.8 Å². The summed E-state index contributed by atoms with van der Waals surface area (Å²) in [5.41, 5.74) is -0.934. The van der Waals surface area contributed by atoms with E-state index < -0.39 is 17.4 Å². The van der Waals surface area contributed by atoms with Gasteiger partial charge in [0, 0.05) is 12.8 Å². The second-order valence-corrected chi connectivity index (χ2v) is 5.46. The fourth-order valence-electron chi connectivity index (χ4n) is 2.25. The summed E-state index contributed by atoms with van der Waals surface area (Å²) in [6, 6.07) is -0.370. The molecule has 0 aliphatic heterocycles. The van der Waals surface area contributed by atoms with Crippen molar-refractivity contribution in [3.8, 4) is 0 Å². The molecule has 2 rings (SSSR count). The van der Waals surface area contributed by atoms with Gasteiger partial charge in [0.05, 0.1) is 15.7 Å². The van der Waals surface area contributed by atoms with Gasteiger partial charge in [0.25, 0.3) is 5.56 Å². The van der Waals surface area contributed by atoms with Gasteiger partial charge < -0.3 is 10.2 Å². The predicted octanol–water partition coefficient (Wildman–Crippen LogP) is -0.554. The second kappa shape index (κ2) is 4.91. The van der Waals surface area contributed by atoms with E-state index in [-0.39, 0.29) is 18.6 Å². The third-order valence-corrected chi connectivity index (χ3v) is 3.90. The SMILES string of the molecule is O=c1[nH]c(=O)n([C@@H]2C[C@H](CO)C[C@H]2O)cc1I. The molecule has 0 saturated heterocycles. The molecule has 0 unspecified atom stereocenters. The van der Waals surface area contributed by atoms with Crippen LogP contribution in [-0.2, 0) is 0 Å². The lowest BCUT2D eigenvalue weighted by molar-refractivity contribution is 0.129. The summed E-state index contributed by atoms with van der Waals surface area (Å²) < 4.78 is 1.76. The lowest BCUT2D eigenvalue weighted by Crippen LogP contribution is -2.35. The molecule has 0 amide bonds. The van der Waals surface area contributed by atoms with Crippen LogP contribution in [-0.4, -0.2) is 32.5 Å². The maximum Gasteiger partial charge on any atom is 0.328 e. The number of aliphatic hydroxyl groups is 2. The van der Waals surface area contributed by atoms with E-state index in [1.807, 2.05) is 22.6 Å². The molecule has 94 valence electrons. The van der Waals surface area contributed by atoms with E-state index in [0.29, 0.717) is 16.4 Å². The molecule has 1 aromatic heterocycles. The number of nitrogens with one attached hydrogen (secondary N) is 1. The molecule has 3 N–H and O–H groups in total. The van der Waals surface area contributed by atoms with E-state index in [4.69, 9.17) is 5.11 Å². The third kappa shape index (κ3) is 2.45. The van der Waals surface area contributed by atoms with Gasteiger partial charge >= 0.3 is 5.69 Å². The van der Waals surface area contributed by atoms with E-state index in [9.17, 15) is 14.7 Å². The van der Waals surface area contributed by atoms with Gasteiger partial charge in [-0.05, 0) is 41.4 Å². The molecule has 0 spiro atoms. The highest BCUT2D eigenvalue weighted by Crippen LogP contribution is 2.33. The zero-order chi connectivity index (χ0) is 12.6. The summed E-state index contributed by atoms with van der Waals surface area (Å²) in [5.74, 6) is 0.00601. The van der Waals surface area contributed by atoms with Crippen LogP contribution in [0.1, 0.15) is 18.9 Å². The molecule has 6 nitrogen and oxygen atoms in total. The Labute approximate surface area is 110 Å². The van der Waals surface area contributed by atoms with Crippen LogP contribution in [0.4, 0.5) is 0 Å². The van der Waals surface area contributed by atoms with Gasteiger partial charge in [0.1, 0.15) is 0 Å². The second-order valence-electron chi connectivity index (χ2n) is 4.30. The molecule has 1 aliphatic carbocycles. The van der Waals surface area contributed by atoms with Crippen LogP contribution in [0.3, 0.4) is 0 Å². The first kappa shape index (κ1) is 12.8. The number of rotatable bonds is 2. The smallest absolute Gasteiger partial charge is 0.328 e. The minimum Gasteiger partial charge on any atom is -0.396 e.